The molecule has 1 aliphatic rings. The van der Waals surface area contributed by atoms with E-state index in [1.165, 1.54) is 0 Å². The van der Waals surface area contributed by atoms with Crippen LogP contribution in [-0.2, 0) is 11.3 Å². The van der Waals surface area contributed by atoms with Crippen molar-refractivity contribution in [2.45, 2.75) is 13.0 Å². The van der Waals surface area contributed by atoms with Crippen molar-refractivity contribution in [3.05, 3.63) is 65.2 Å². The summed E-state index contributed by atoms with van der Waals surface area (Å²) in [6.45, 7) is 0.950. The molecular formula is C18H18N2O. The van der Waals surface area contributed by atoms with Crippen molar-refractivity contribution in [3.8, 4) is 0 Å². The lowest BCUT2D eigenvalue weighted by Crippen LogP contribution is -2.32. The lowest BCUT2D eigenvalue weighted by molar-refractivity contribution is -0.118. The van der Waals surface area contributed by atoms with E-state index in [1.54, 1.807) is 0 Å². The summed E-state index contributed by atoms with van der Waals surface area (Å²) in [7, 11) is 0. The van der Waals surface area contributed by atoms with Gasteiger partial charge in [-0.2, -0.15) is 0 Å². The highest BCUT2D eigenvalue weighted by Crippen LogP contribution is 2.28. The van der Waals surface area contributed by atoms with Crippen LogP contribution in [-0.4, -0.2) is 12.5 Å². The highest BCUT2D eigenvalue weighted by molar-refractivity contribution is 5.97. The van der Waals surface area contributed by atoms with Crippen molar-refractivity contribution in [2.75, 3.05) is 11.4 Å². The van der Waals surface area contributed by atoms with Gasteiger partial charge in [-0.15, -0.1) is 0 Å². The van der Waals surface area contributed by atoms with E-state index >= 15 is 0 Å². The zero-order valence-corrected chi connectivity index (χ0v) is 11.8. The minimum Gasteiger partial charge on any atom is -0.330 e. The number of benzene rings is 2. The van der Waals surface area contributed by atoms with Crippen LogP contribution in [0.1, 0.15) is 23.1 Å². The molecule has 0 atom stereocenters. The molecule has 106 valence electrons. The quantitative estimate of drug-likeness (QED) is 0.917. The second-order valence-corrected chi connectivity index (χ2v) is 5.11. The Bertz CT molecular complexity index is 691. The standard InChI is InChI=1S/C18H18N2O/c19-12-11-18(21)20-13-16-7-2-1-5-14(16)9-10-15-6-3-4-8-17(15)20/h1-10H,11-13,19H2/b10-9-. The zero-order valence-electron chi connectivity index (χ0n) is 11.8. The van der Waals surface area contributed by atoms with Crippen LogP contribution in [0.5, 0.6) is 0 Å². The summed E-state index contributed by atoms with van der Waals surface area (Å²) < 4.78 is 0. The van der Waals surface area contributed by atoms with Crippen molar-refractivity contribution in [3.63, 3.8) is 0 Å². The summed E-state index contributed by atoms with van der Waals surface area (Å²) >= 11 is 0. The predicted molar refractivity (Wildman–Crippen MR) is 86.7 cm³/mol. The highest BCUT2D eigenvalue weighted by atomic mass is 16.2. The molecule has 2 aromatic rings. The number of carbonyl (C=O) groups excluding carboxylic acids is 1. The summed E-state index contributed by atoms with van der Waals surface area (Å²) in [6, 6.07) is 16.1. The molecule has 0 unspecified atom stereocenters. The number of carbonyl (C=O) groups is 1. The van der Waals surface area contributed by atoms with Gasteiger partial charge in [-0.25, -0.2) is 0 Å². The van der Waals surface area contributed by atoms with Crippen LogP contribution >= 0.6 is 0 Å². The molecule has 0 fully saturated rings. The Morgan fingerprint density at radius 3 is 2.48 bits per heavy atom. The Kier molecular flexibility index (Phi) is 3.84. The van der Waals surface area contributed by atoms with Crippen LogP contribution in [0, 0.1) is 0 Å². The summed E-state index contributed by atoms with van der Waals surface area (Å²) in [5.74, 6) is 0.0649. The van der Waals surface area contributed by atoms with Crippen molar-refractivity contribution in [2.24, 2.45) is 5.73 Å². The number of amides is 1. The van der Waals surface area contributed by atoms with E-state index in [4.69, 9.17) is 5.73 Å². The molecule has 0 radical (unpaired) electrons. The molecule has 1 heterocycles. The number of hydrogen-bond acceptors (Lipinski definition) is 2. The van der Waals surface area contributed by atoms with E-state index in [2.05, 4.69) is 24.3 Å². The van der Waals surface area contributed by atoms with Gasteiger partial charge in [0.2, 0.25) is 5.91 Å². The van der Waals surface area contributed by atoms with Crippen molar-refractivity contribution in [1.29, 1.82) is 0 Å². The second-order valence-electron chi connectivity index (χ2n) is 5.11. The number of nitrogens with two attached hydrogens (primary N) is 1. The number of hydrogen-bond donors (Lipinski definition) is 1. The van der Waals surface area contributed by atoms with Crippen LogP contribution in [0.4, 0.5) is 5.69 Å². The molecule has 3 rings (SSSR count). The molecule has 0 aromatic heterocycles. The number of nitrogens with zero attached hydrogens (tertiary/aromatic N) is 1. The molecule has 2 N–H and O–H groups in total. The number of rotatable bonds is 2. The average molecular weight is 278 g/mol. The van der Waals surface area contributed by atoms with Gasteiger partial charge in [0.05, 0.1) is 12.2 Å². The van der Waals surface area contributed by atoms with Crippen molar-refractivity contribution in [1.82, 2.24) is 0 Å². The predicted octanol–water partition coefficient (Wildman–Crippen LogP) is 3.05. The van der Waals surface area contributed by atoms with Gasteiger partial charge in [0.1, 0.15) is 0 Å². The fourth-order valence-corrected chi connectivity index (χ4v) is 2.63. The third kappa shape index (κ3) is 2.73. The lowest BCUT2D eigenvalue weighted by atomic mass is 10.0. The summed E-state index contributed by atoms with van der Waals surface area (Å²) in [4.78, 5) is 14.3. The van der Waals surface area contributed by atoms with Gasteiger partial charge >= 0.3 is 0 Å². The van der Waals surface area contributed by atoms with Crippen LogP contribution in [0.15, 0.2) is 48.5 Å². The van der Waals surface area contributed by atoms with Gasteiger partial charge in [0, 0.05) is 13.0 Å². The van der Waals surface area contributed by atoms with Crippen LogP contribution in [0.25, 0.3) is 12.2 Å². The minimum absolute atomic E-state index is 0.0649. The topological polar surface area (TPSA) is 46.3 Å². The molecule has 3 nitrogen and oxygen atoms in total. The van der Waals surface area contributed by atoms with Gasteiger partial charge in [0.15, 0.2) is 0 Å². The molecule has 21 heavy (non-hydrogen) atoms. The molecule has 0 bridgehead atoms. The first-order valence-corrected chi connectivity index (χ1v) is 7.15. The number of para-hydroxylation sites is 1. The van der Waals surface area contributed by atoms with E-state index in [-0.39, 0.29) is 5.91 Å². The Labute approximate surface area is 124 Å². The van der Waals surface area contributed by atoms with Gasteiger partial charge < -0.3 is 10.6 Å². The van der Waals surface area contributed by atoms with Gasteiger partial charge in [-0.1, -0.05) is 54.6 Å². The second kappa shape index (κ2) is 5.94. The lowest BCUT2D eigenvalue weighted by Gasteiger charge is -2.27. The van der Waals surface area contributed by atoms with E-state index in [0.717, 1.165) is 22.4 Å². The monoisotopic (exact) mass is 278 g/mol. The van der Waals surface area contributed by atoms with E-state index in [1.807, 2.05) is 41.3 Å². The molecule has 0 saturated carbocycles. The Hall–Kier alpha value is -2.39. The van der Waals surface area contributed by atoms with Crippen LogP contribution in [0.3, 0.4) is 0 Å². The molecule has 1 amide bonds. The maximum Gasteiger partial charge on any atom is 0.228 e. The smallest absolute Gasteiger partial charge is 0.228 e. The molecule has 0 saturated heterocycles. The minimum atomic E-state index is 0.0649. The summed E-state index contributed by atoms with van der Waals surface area (Å²) in [5, 5.41) is 0. The van der Waals surface area contributed by atoms with Gasteiger partial charge in [-0.05, 0) is 22.8 Å². The molecule has 0 spiro atoms. The fraction of sp³-hybridized carbons (Fsp3) is 0.167. The van der Waals surface area contributed by atoms with Crippen LogP contribution in [0.2, 0.25) is 0 Å². The molecule has 0 aliphatic carbocycles. The van der Waals surface area contributed by atoms with Crippen molar-refractivity contribution < 1.29 is 4.79 Å². The first kappa shape index (κ1) is 13.6. The van der Waals surface area contributed by atoms with Gasteiger partial charge in [-0.3, -0.25) is 4.79 Å². The Morgan fingerprint density at radius 1 is 1.00 bits per heavy atom. The third-order valence-corrected chi connectivity index (χ3v) is 3.71. The molecule has 1 aliphatic heterocycles. The van der Waals surface area contributed by atoms with E-state index in [9.17, 15) is 4.79 Å². The molecule has 3 heteroatoms. The largest absolute Gasteiger partial charge is 0.330 e. The van der Waals surface area contributed by atoms with Crippen LogP contribution < -0.4 is 10.6 Å². The fourth-order valence-electron chi connectivity index (χ4n) is 2.63. The van der Waals surface area contributed by atoms with E-state index in [0.29, 0.717) is 19.5 Å². The third-order valence-electron chi connectivity index (χ3n) is 3.71. The maximum absolute atomic E-state index is 12.5. The zero-order chi connectivity index (χ0) is 14.7. The SMILES string of the molecule is NCCC(=O)N1Cc2ccccc2/C=C\c2ccccc21. The highest BCUT2D eigenvalue weighted by Gasteiger charge is 2.19. The van der Waals surface area contributed by atoms with Crippen molar-refractivity contribution >= 4 is 23.7 Å². The molecular weight excluding hydrogens is 260 g/mol. The molecule has 2 aromatic carbocycles. The van der Waals surface area contributed by atoms with Gasteiger partial charge in [0.25, 0.3) is 0 Å². The Balaban J connectivity index is 2.11. The maximum atomic E-state index is 12.5. The van der Waals surface area contributed by atoms with E-state index < -0.39 is 0 Å². The normalized spacial score (nSPS) is 14.6. The average Bonchev–Trinajstić information content (AvgIpc) is 2.50. The first-order chi connectivity index (χ1) is 10.3. The number of fused-ring (bicyclic) bond motifs is 2. The Morgan fingerprint density at radius 2 is 1.67 bits per heavy atom. The summed E-state index contributed by atoms with van der Waals surface area (Å²) in [6.07, 6.45) is 4.54. The summed E-state index contributed by atoms with van der Waals surface area (Å²) in [5.41, 5.74) is 9.86. The number of anilines is 1. The first-order valence-electron chi connectivity index (χ1n) is 7.15.